The molecular weight excluding hydrogens is 388 g/mol. The average molecular weight is 413 g/mol. The van der Waals surface area contributed by atoms with Crippen molar-refractivity contribution in [3.63, 3.8) is 0 Å². The first-order valence-electron chi connectivity index (χ1n) is 8.08. The van der Waals surface area contributed by atoms with Crippen molar-refractivity contribution in [1.82, 2.24) is 14.8 Å². The Hall–Kier alpha value is -1.80. The number of halogens is 1. The number of piperazine rings is 1. The average Bonchev–Trinajstić information content (AvgIpc) is 2.59. The predicted octanol–water partition coefficient (Wildman–Crippen LogP) is 1.51. The zero-order valence-corrected chi connectivity index (χ0v) is 16.7. The van der Waals surface area contributed by atoms with E-state index < -0.39 is 0 Å². The van der Waals surface area contributed by atoms with Crippen molar-refractivity contribution in [2.45, 2.75) is 0 Å². The lowest BCUT2D eigenvalue weighted by Gasteiger charge is -2.30. The summed E-state index contributed by atoms with van der Waals surface area (Å²) in [5.74, 6) is 0.949. The lowest BCUT2D eigenvalue weighted by Crippen LogP contribution is -2.41. The number of likely N-dealkylation sites (N-methyl/N-ethyl adjacent to an activating group) is 2. The van der Waals surface area contributed by atoms with E-state index in [4.69, 9.17) is 9.47 Å². The van der Waals surface area contributed by atoms with Crippen LogP contribution in [0.15, 0.2) is 21.7 Å². The molecule has 8 heteroatoms. The standard InChI is InChI=1S/C17H25BrN4O3/c1-20(2)16(23)12-25-17-14(18)9-13(10-15(17)24-4)11-19-22-7-5-21(3)6-8-22/h9-11H,5-8,12H2,1-4H3/b19-11+. The zero-order chi connectivity index (χ0) is 18.4. The Labute approximate surface area is 157 Å². The van der Waals surface area contributed by atoms with Crippen molar-refractivity contribution in [2.24, 2.45) is 5.10 Å². The number of hydrogen-bond donors (Lipinski definition) is 0. The van der Waals surface area contributed by atoms with E-state index in [1.807, 2.05) is 18.3 Å². The molecule has 1 saturated heterocycles. The van der Waals surface area contributed by atoms with E-state index in [-0.39, 0.29) is 12.5 Å². The largest absolute Gasteiger partial charge is 0.493 e. The molecular formula is C17H25BrN4O3. The summed E-state index contributed by atoms with van der Waals surface area (Å²) in [6, 6.07) is 3.75. The second kappa shape index (κ2) is 9.05. The minimum atomic E-state index is -0.116. The number of benzene rings is 1. The summed E-state index contributed by atoms with van der Waals surface area (Å²) in [6.07, 6.45) is 1.81. The number of hydrogen-bond acceptors (Lipinski definition) is 6. The summed E-state index contributed by atoms with van der Waals surface area (Å²) >= 11 is 3.49. The molecule has 0 spiro atoms. The highest BCUT2D eigenvalue weighted by Crippen LogP contribution is 2.36. The summed E-state index contributed by atoms with van der Waals surface area (Å²) in [6.45, 7) is 3.81. The highest BCUT2D eigenvalue weighted by molar-refractivity contribution is 9.10. The first-order chi connectivity index (χ1) is 11.9. The molecule has 1 amide bonds. The Kier molecular flexibility index (Phi) is 7.07. The molecule has 1 aromatic rings. The second-order valence-electron chi connectivity index (χ2n) is 6.11. The van der Waals surface area contributed by atoms with Crippen LogP contribution in [-0.4, -0.2) is 88.0 Å². The molecule has 1 fully saturated rings. The fourth-order valence-corrected chi connectivity index (χ4v) is 2.85. The van der Waals surface area contributed by atoms with Crippen LogP contribution in [0.1, 0.15) is 5.56 Å². The second-order valence-corrected chi connectivity index (χ2v) is 6.97. The van der Waals surface area contributed by atoms with E-state index in [1.54, 1.807) is 21.2 Å². The van der Waals surface area contributed by atoms with E-state index in [1.165, 1.54) is 4.90 Å². The number of nitrogens with zero attached hydrogens (tertiary/aromatic N) is 4. The lowest BCUT2D eigenvalue weighted by molar-refractivity contribution is -0.130. The summed E-state index contributed by atoms with van der Waals surface area (Å²) in [5, 5.41) is 6.59. The Morgan fingerprint density at radius 2 is 2.00 bits per heavy atom. The third kappa shape index (κ3) is 5.61. The van der Waals surface area contributed by atoms with Crippen LogP contribution < -0.4 is 9.47 Å². The number of rotatable bonds is 6. The van der Waals surface area contributed by atoms with Gasteiger partial charge in [0.25, 0.3) is 5.91 Å². The molecule has 1 aromatic carbocycles. The molecule has 0 N–H and O–H groups in total. The SMILES string of the molecule is COc1cc(/C=N/N2CCN(C)CC2)cc(Br)c1OCC(=O)N(C)C. The van der Waals surface area contributed by atoms with Gasteiger partial charge in [0, 0.05) is 40.3 Å². The molecule has 138 valence electrons. The van der Waals surface area contributed by atoms with Crippen molar-refractivity contribution in [3.8, 4) is 11.5 Å². The molecule has 0 aliphatic carbocycles. The molecule has 0 unspecified atom stereocenters. The van der Waals surface area contributed by atoms with Gasteiger partial charge in [-0.1, -0.05) is 0 Å². The van der Waals surface area contributed by atoms with Crippen molar-refractivity contribution in [3.05, 3.63) is 22.2 Å². The number of methoxy groups -OCH3 is 1. The van der Waals surface area contributed by atoms with E-state index in [0.717, 1.165) is 36.2 Å². The maximum absolute atomic E-state index is 11.7. The van der Waals surface area contributed by atoms with Gasteiger partial charge in [0.15, 0.2) is 18.1 Å². The van der Waals surface area contributed by atoms with Crippen LogP contribution >= 0.6 is 15.9 Å². The first-order valence-corrected chi connectivity index (χ1v) is 8.88. The Balaban J connectivity index is 2.08. The molecule has 2 rings (SSSR count). The molecule has 1 aliphatic rings. The number of amides is 1. The minimum Gasteiger partial charge on any atom is -0.493 e. The van der Waals surface area contributed by atoms with Gasteiger partial charge in [0.2, 0.25) is 0 Å². The maximum Gasteiger partial charge on any atom is 0.259 e. The van der Waals surface area contributed by atoms with E-state index >= 15 is 0 Å². The van der Waals surface area contributed by atoms with Gasteiger partial charge < -0.3 is 19.3 Å². The lowest BCUT2D eigenvalue weighted by atomic mass is 10.2. The van der Waals surface area contributed by atoms with Gasteiger partial charge in [-0.05, 0) is 40.7 Å². The Morgan fingerprint density at radius 1 is 1.32 bits per heavy atom. The van der Waals surface area contributed by atoms with Crippen LogP contribution in [0.5, 0.6) is 11.5 Å². The summed E-state index contributed by atoms with van der Waals surface area (Å²) in [5.41, 5.74) is 0.897. The predicted molar refractivity (Wildman–Crippen MR) is 102 cm³/mol. The number of carbonyl (C=O) groups is 1. The van der Waals surface area contributed by atoms with Crippen LogP contribution in [-0.2, 0) is 4.79 Å². The van der Waals surface area contributed by atoms with Gasteiger partial charge >= 0.3 is 0 Å². The van der Waals surface area contributed by atoms with Gasteiger partial charge in [0.1, 0.15) is 0 Å². The molecule has 7 nitrogen and oxygen atoms in total. The van der Waals surface area contributed by atoms with Gasteiger partial charge in [-0.15, -0.1) is 0 Å². The van der Waals surface area contributed by atoms with Gasteiger partial charge in [-0.25, -0.2) is 0 Å². The van der Waals surface area contributed by atoms with Crippen LogP contribution in [0, 0.1) is 0 Å². The van der Waals surface area contributed by atoms with E-state index in [9.17, 15) is 4.79 Å². The normalized spacial score (nSPS) is 15.5. The highest BCUT2D eigenvalue weighted by atomic mass is 79.9. The monoisotopic (exact) mass is 412 g/mol. The fraction of sp³-hybridized carbons (Fsp3) is 0.529. The fourth-order valence-electron chi connectivity index (χ4n) is 2.28. The van der Waals surface area contributed by atoms with Gasteiger partial charge in [-0.3, -0.25) is 9.80 Å². The highest BCUT2D eigenvalue weighted by Gasteiger charge is 2.15. The quantitative estimate of drug-likeness (QED) is 0.662. The third-order valence-electron chi connectivity index (χ3n) is 3.94. The number of carbonyl (C=O) groups excluding carboxylic acids is 1. The van der Waals surface area contributed by atoms with Crippen LogP contribution in [0.2, 0.25) is 0 Å². The molecule has 1 aliphatic heterocycles. The maximum atomic E-state index is 11.7. The molecule has 0 saturated carbocycles. The number of hydrazone groups is 1. The molecule has 0 radical (unpaired) electrons. The number of ether oxygens (including phenoxy) is 2. The molecule has 1 heterocycles. The van der Waals surface area contributed by atoms with Crippen molar-refractivity contribution < 1.29 is 14.3 Å². The molecule has 0 atom stereocenters. The molecule has 25 heavy (non-hydrogen) atoms. The van der Waals surface area contributed by atoms with Crippen molar-refractivity contribution in [2.75, 3.05) is 61.0 Å². The van der Waals surface area contributed by atoms with Gasteiger partial charge in [-0.2, -0.15) is 5.10 Å². The molecule has 0 bridgehead atoms. The zero-order valence-electron chi connectivity index (χ0n) is 15.2. The van der Waals surface area contributed by atoms with E-state index in [2.05, 4.69) is 38.0 Å². The Bertz CT molecular complexity index is 629. The molecule has 0 aromatic heterocycles. The summed E-state index contributed by atoms with van der Waals surface area (Å²) < 4.78 is 11.7. The Morgan fingerprint density at radius 3 is 2.60 bits per heavy atom. The smallest absolute Gasteiger partial charge is 0.259 e. The van der Waals surface area contributed by atoms with E-state index in [0.29, 0.717) is 11.5 Å². The topological polar surface area (TPSA) is 57.6 Å². The summed E-state index contributed by atoms with van der Waals surface area (Å²) in [4.78, 5) is 15.5. The van der Waals surface area contributed by atoms with Crippen LogP contribution in [0.25, 0.3) is 0 Å². The van der Waals surface area contributed by atoms with Crippen molar-refractivity contribution >= 4 is 28.1 Å². The first kappa shape index (κ1) is 19.5. The third-order valence-corrected chi connectivity index (χ3v) is 4.53. The van der Waals surface area contributed by atoms with Crippen LogP contribution in [0.3, 0.4) is 0 Å². The minimum absolute atomic E-state index is 0.0449. The summed E-state index contributed by atoms with van der Waals surface area (Å²) in [7, 11) is 7.07. The van der Waals surface area contributed by atoms with Crippen LogP contribution in [0.4, 0.5) is 0 Å². The van der Waals surface area contributed by atoms with Gasteiger partial charge in [0.05, 0.1) is 17.8 Å². The van der Waals surface area contributed by atoms with Crippen molar-refractivity contribution in [1.29, 1.82) is 0 Å².